The molecule has 1 aromatic heterocycles. The quantitative estimate of drug-likeness (QED) is 0.677. The minimum atomic E-state index is -0.130. The number of nitrogens with zero attached hydrogens (tertiary/aromatic N) is 3. The molecule has 0 saturated heterocycles. The van der Waals surface area contributed by atoms with Crippen molar-refractivity contribution in [3.63, 3.8) is 0 Å². The van der Waals surface area contributed by atoms with Crippen LogP contribution < -0.4 is 5.32 Å². The molecule has 108 valence electrons. The number of ether oxygens (including phenoxy) is 1. The minimum Gasteiger partial charge on any atom is -0.362 e. The lowest BCUT2D eigenvalue weighted by molar-refractivity contribution is 0.0939. The van der Waals surface area contributed by atoms with Crippen LogP contribution in [0.15, 0.2) is 12.3 Å². The lowest BCUT2D eigenvalue weighted by Crippen LogP contribution is -2.30. The summed E-state index contributed by atoms with van der Waals surface area (Å²) >= 11 is 0. The number of aromatic nitrogens is 2. The molecule has 1 rings (SSSR count). The van der Waals surface area contributed by atoms with Gasteiger partial charge in [0.2, 0.25) is 0 Å². The van der Waals surface area contributed by atoms with Crippen LogP contribution in [0.25, 0.3) is 0 Å². The first-order valence-corrected chi connectivity index (χ1v) is 6.74. The highest BCUT2D eigenvalue weighted by Crippen LogP contribution is 1.96. The number of amides is 1. The van der Waals surface area contributed by atoms with E-state index in [2.05, 4.69) is 29.2 Å². The standard InChI is InChI=1S/C13H24N4O2/c1-4-16(5-2)9-6-8-14-13(18)12-7-10-17(15-12)11-19-3/h7,10H,4-6,8-9,11H2,1-3H3,(H,14,18). The zero-order valence-corrected chi connectivity index (χ0v) is 12.1. The number of methoxy groups -OCH3 is 1. The molecule has 1 amide bonds. The maximum Gasteiger partial charge on any atom is 0.271 e. The largest absolute Gasteiger partial charge is 0.362 e. The van der Waals surface area contributed by atoms with Gasteiger partial charge in [-0.1, -0.05) is 13.8 Å². The molecule has 0 aliphatic rings. The Bertz CT molecular complexity index is 374. The van der Waals surface area contributed by atoms with Crippen molar-refractivity contribution in [3.8, 4) is 0 Å². The van der Waals surface area contributed by atoms with Crippen LogP contribution in [0.4, 0.5) is 0 Å². The van der Waals surface area contributed by atoms with E-state index < -0.39 is 0 Å². The summed E-state index contributed by atoms with van der Waals surface area (Å²) in [5.41, 5.74) is 0.430. The fraction of sp³-hybridized carbons (Fsp3) is 0.692. The lowest BCUT2D eigenvalue weighted by atomic mass is 10.3. The Morgan fingerprint density at radius 2 is 2.21 bits per heavy atom. The Labute approximate surface area is 114 Å². The summed E-state index contributed by atoms with van der Waals surface area (Å²) in [6.07, 6.45) is 2.68. The van der Waals surface area contributed by atoms with E-state index in [-0.39, 0.29) is 5.91 Å². The second-order valence-electron chi connectivity index (χ2n) is 4.29. The summed E-state index contributed by atoms with van der Waals surface area (Å²) in [5, 5.41) is 6.99. The second kappa shape index (κ2) is 8.66. The van der Waals surface area contributed by atoms with Gasteiger partial charge in [-0.25, -0.2) is 4.68 Å². The summed E-state index contributed by atoms with van der Waals surface area (Å²) in [4.78, 5) is 14.1. The summed E-state index contributed by atoms with van der Waals surface area (Å²) in [6, 6.07) is 1.69. The van der Waals surface area contributed by atoms with Gasteiger partial charge in [0.05, 0.1) is 0 Å². The van der Waals surface area contributed by atoms with Crippen molar-refractivity contribution in [2.75, 3.05) is 33.3 Å². The number of hydrogen-bond donors (Lipinski definition) is 1. The third kappa shape index (κ3) is 5.40. The Morgan fingerprint density at radius 3 is 2.84 bits per heavy atom. The maximum atomic E-state index is 11.8. The fourth-order valence-corrected chi connectivity index (χ4v) is 1.82. The van der Waals surface area contributed by atoms with E-state index >= 15 is 0 Å². The van der Waals surface area contributed by atoms with E-state index in [1.807, 2.05) is 0 Å². The number of nitrogens with one attached hydrogen (secondary N) is 1. The van der Waals surface area contributed by atoms with Crippen molar-refractivity contribution in [3.05, 3.63) is 18.0 Å². The molecule has 0 aromatic carbocycles. The van der Waals surface area contributed by atoms with Crippen LogP contribution in [-0.4, -0.2) is 53.9 Å². The van der Waals surface area contributed by atoms with Crippen molar-refractivity contribution < 1.29 is 9.53 Å². The van der Waals surface area contributed by atoms with Crippen molar-refractivity contribution in [2.45, 2.75) is 27.0 Å². The summed E-state index contributed by atoms with van der Waals surface area (Å²) in [6.45, 7) is 8.42. The molecule has 19 heavy (non-hydrogen) atoms. The van der Waals surface area contributed by atoms with Gasteiger partial charge in [0, 0.05) is 19.9 Å². The molecule has 1 heterocycles. The van der Waals surface area contributed by atoms with Crippen LogP contribution in [0.1, 0.15) is 30.8 Å². The SMILES string of the molecule is CCN(CC)CCCNC(=O)c1ccn(COC)n1. The second-order valence-corrected chi connectivity index (χ2v) is 4.29. The first-order chi connectivity index (χ1) is 9.21. The lowest BCUT2D eigenvalue weighted by Gasteiger charge is -2.17. The predicted octanol–water partition coefficient (Wildman–Crippen LogP) is 0.949. The molecule has 0 aliphatic carbocycles. The van der Waals surface area contributed by atoms with E-state index in [1.165, 1.54) is 0 Å². The molecule has 0 unspecified atom stereocenters. The fourth-order valence-electron chi connectivity index (χ4n) is 1.82. The number of hydrogen-bond acceptors (Lipinski definition) is 4. The molecular formula is C13H24N4O2. The summed E-state index contributed by atoms with van der Waals surface area (Å²) < 4.78 is 6.52. The maximum absolute atomic E-state index is 11.8. The number of carbonyl (C=O) groups excluding carboxylic acids is 1. The molecule has 0 atom stereocenters. The molecule has 0 radical (unpaired) electrons. The van der Waals surface area contributed by atoms with Crippen molar-refractivity contribution >= 4 is 5.91 Å². The third-order valence-electron chi connectivity index (χ3n) is 2.97. The Kier molecular flexibility index (Phi) is 7.14. The van der Waals surface area contributed by atoms with Crippen LogP contribution in [0.5, 0.6) is 0 Å². The van der Waals surface area contributed by atoms with Gasteiger partial charge < -0.3 is 15.0 Å². The Hall–Kier alpha value is -1.40. The summed E-state index contributed by atoms with van der Waals surface area (Å²) in [5.74, 6) is -0.130. The molecule has 6 nitrogen and oxygen atoms in total. The van der Waals surface area contributed by atoms with E-state index in [1.54, 1.807) is 24.1 Å². The van der Waals surface area contributed by atoms with Crippen molar-refractivity contribution in [1.82, 2.24) is 20.0 Å². The van der Waals surface area contributed by atoms with Crippen LogP contribution in [0, 0.1) is 0 Å². The van der Waals surface area contributed by atoms with E-state index in [9.17, 15) is 4.79 Å². The topological polar surface area (TPSA) is 59.4 Å². The van der Waals surface area contributed by atoms with Gasteiger partial charge >= 0.3 is 0 Å². The highest BCUT2D eigenvalue weighted by molar-refractivity contribution is 5.92. The molecule has 0 saturated carbocycles. The van der Waals surface area contributed by atoms with Crippen LogP contribution in [0.3, 0.4) is 0 Å². The third-order valence-corrected chi connectivity index (χ3v) is 2.97. The summed E-state index contributed by atoms with van der Waals surface area (Å²) in [7, 11) is 1.59. The number of rotatable bonds is 9. The average Bonchev–Trinajstić information content (AvgIpc) is 2.88. The van der Waals surface area contributed by atoms with Crippen LogP contribution in [-0.2, 0) is 11.5 Å². The Balaban J connectivity index is 2.26. The zero-order valence-electron chi connectivity index (χ0n) is 12.1. The molecule has 1 N–H and O–H groups in total. The smallest absolute Gasteiger partial charge is 0.271 e. The predicted molar refractivity (Wildman–Crippen MR) is 74.0 cm³/mol. The highest BCUT2D eigenvalue weighted by atomic mass is 16.5. The molecule has 0 spiro atoms. The first-order valence-electron chi connectivity index (χ1n) is 6.74. The molecule has 0 fully saturated rings. The molecular weight excluding hydrogens is 244 g/mol. The van der Waals surface area contributed by atoms with E-state index in [0.29, 0.717) is 19.0 Å². The van der Waals surface area contributed by atoms with E-state index in [0.717, 1.165) is 26.1 Å². The number of carbonyl (C=O) groups is 1. The first kappa shape index (κ1) is 15.7. The zero-order chi connectivity index (χ0) is 14.1. The Morgan fingerprint density at radius 1 is 1.47 bits per heavy atom. The van der Waals surface area contributed by atoms with Gasteiger partial charge in [0.1, 0.15) is 12.4 Å². The average molecular weight is 268 g/mol. The van der Waals surface area contributed by atoms with Gasteiger partial charge in [-0.2, -0.15) is 5.10 Å². The van der Waals surface area contributed by atoms with Gasteiger partial charge in [-0.3, -0.25) is 4.79 Å². The van der Waals surface area contributed by atoms with E-state index in [4.69, 9.17) is 4.74 Å². The minimum absolute atomic E-state index is 0.130. The van der Waals surface area contributed by atoms with Crippen molar-refractivity contribution in [2.24, 2.45) is 0 Å². The normalized spacial score (nSPS) is 10.9. The molecule has 0 bridgehead atoms. The molecule has 1 aromatic rings. The van der Waals surface area contributed by atoms with Gasteiger partial charge in [0.25, 0.3) is 5.91 Å². The van der Waals surface area contributed by atoms with Gasteiger partial charge in [-0.15, -0.1) is 0 Å². The van der Waals surface area contributed by atoms with Gasteiger partial charge in [0.15, 0.2) is 0 Å². The van der Waals surface area contributed by atoms with Crippen LogP contribution in [0.2, 0.25) is 0 Å². The van der Waals surface area contributed by atoms with Crippen molar-refractivity contribution in [1.29, 1.82) is 0 Å². The molecule has 6 heteroatoms. The van der Waals surface area contributed by atoms with Gasteiger partial charge in [-0.05, 0) is 32.1 Å². The molecule has 0 aliphatic heterocycles. The monoisotopic (exact) mass is 268 g/mol. The van der Waals surface area contributed by atoms with Crippen LogP contribution >= 0.6 is 0 Å². The highest BCUT2D eigenvalue weighted by Gasteiger charge is 2.08.